The highest BCUT2D eigenvalue weighted by Crippen LogP contribution is 2.31. The first-order chi connectivity index (χ1) is 13.2. The van der Waals surface area contributed by atoms with Gasteiger partial charge < -0.3 is 0 Å². The molecule has 0 atom stereocenters. The molecule has 1 heterocycles. The van der Waals surface area contributed by atoms with Gasteiger partial charge in [-0.2, -0.15) is 9.40 Å². The third kappa shape index (κ3) is 4.10. The maximum Gasteiger partial charge on any atom is 0.244 e. The van der Waals surface area contributed by atoms with Crippen LogP contribution in [-0.4, -0.2) is 29.6 Å². The van der Waals surface area contributed by atoms with Crippen LogP contribution < -0.4 is 0 Å². The van der Waals surface area contributed by atoms with Gasteiger partial charge in [-0.1, -0.05) is 59.6 Å². The van der Waals surface area contributed by atoms with Crippen molar-refractivity contribution in [1.82, 2.24) is 14.1 Å². The first kappa shape index (κ1) is 20.9. The van der Waals surface area contributed by atoms with Gasteiger partial charge >= 0.3 is 0 Å². The van der Waals surface area contributed by atoms with Crippen LogP contribution in [0.4, 0.5) is 0 Å². The molecule has 0 aliphatic heterocycles. The van der Waals surface area contributed by atoms with E-state index in [9.17, 15) is 8.42 Å². The summed E-state index contributed by atoms with van der Waals surface area (Å²) in [6.45, 7) is 4.66. The number of aromatic nitrogens is 2. The largest absolute Gasteiger partial charge is 0.265 e. The summed E-state index contributed by atoms with van der Waals surface area (Å²) in [6.07, 6.45) is 0. The summed E-state index contributed by atoms with van der Waals surface area (Å²) in [5.41, 5.74) is 3.74. The minimum Gasteiger partial charge on any atom is -0.265 e. The van der Waals surface area contributed by atoms with E-state index in [-0.39, 0.29) is 21.5 Å². The van der Waals surface area contributed by atoms with E-state index in [0.717, 1.165) is 22.5 Å². The molecule has 0 bridgehead atoms. The summed E-state index contributed by atoms with van der Waals surface area (Å²) in [6, 6.07) is 14.6. The summed E-state index contributed by atoms with van der Waals surface area (Å²) in [4.78, 5) is -0.00356. The monoisotopic (exact) mass is 437 g/mol. The molecule has 148 valence electrons. The van der Waals surface area contributed by atoms with E-state index in [1.54, 1.807) is 12.1 Å². The maximum absolute atomic E-state index is 13.0. The van der Waals surface area contributed by atoms with Crippen LogP contribution in [-0.2, 0) is 23.1 Å². The smallest absolute Gasteiger partial charge is 0.244 e. The Morgan fingerprint density at radius 3 is 2.39 bits per heavy atom. The molecule has 0 aliphatic carbocycles. The summed E-state index contributed by atoms with van der Waals surface area (Å²) in [5, 5.41) is 4.83. The van der Waals surface area contributed by atoms with Gasteiger partial charge in [0.05, 0.1) is 22.3 Å². The fourth-order valence-corrected chi connectivity index (χ4v) is 4.90. The van der Waals surface area contributed by atoms with Crippen LogP contribution in [0.1, 0.15) is 22.5 Å². The van der Waals surface area contributed by atoms with E-state index in [2.05, 4.69) is 5.10 Å². The lowest BCUT2D eigenvalue weighted by Gasteiger charge is -2.18. The summed E-state index contributed by atoms with van der Waals surface area (Å²) < 4.78 is 29.1. The Morgan fingerprint density at radius 2 is 1.71 bits per heavy atom. The number of sulfonamides is 1. The number of rotatable bonds is 6. The number of nitrogens with zero attached hydrogens (tertiary/aromatic N) is 3. The number of halogens is 2. The van der Waals surface area contributed by atoms with Crippen molar-refractivity contribution >= 4 is 33.2 Å². The lowest BCUT2D eigenvalue weighted by atomic mass is 10.2. The predicted molar refractivity (Wildman–Crippen MR) is 112 cm³/mol. The van der Waals surface area contributed by atoms with Gasteiger partial charge in [-0.3, -0.25) is 4.68 Å². The third-order valence-corrected chi connectivity index (χ3v) is 7.47. The second-order valence-corrected chi connectivity index (χ2v) is 9.40. The van der Waals surface area contributed by atoms with Crippen LogP contribution in [0.3, 0.4) is 0 Å². The van der Waals surface area contributed by atoms with Crippen LogP contribution in [0.25, 0.3) is 0 Å². The van der Waals surface area contributed by atoms with Crippen molar-refractivity contribution in [3.05, 3.63) is 81.1 Å². The first-order valence-electron chi connectivity index (χ1n) is 8.69. The van der Waals surface area contributed by atoms with Crippen molar-refractivity contribution in [2.45, 2.75) is 31.8 Å². The van der Waals surface area contributed by atoms with Crippen molar-refractivity contribution in [3.8, 4) is 0 Å². The van der Waals surface area contributed by atoms with Crippen molar-refractivity contribution in [2.75, 3.05) is 7.05 Å². The van der Waals surface area contributed by atoms with Crippen molar-refractivity contribution in [2.24, 2.45) is 0 Å². The van der Waals surface area contributed by atoms with E-state index in [1.807, 2.05) is 48.9 Å². The fraction of sp³-hybridized carbons (Fsp3) is 0.250. The molecule has 5 nitrogen and oxygen atoms in total. The van der Waals surface area contributed by atoms with E-state index >= 15 is 0 Å². The number of hydrogen-bond donors (Lipinski definition) is 0. The number of hydrogen-bond acceptors (Lipinski definition) is 3. The average Bonchev–Trinajstić information content (AvgIpc) is 2.92. The SMILES string of the molecule is Cc1nn(Cc2ccccc2)c(C)c1CN(C)S(=O)(=O)c1cccc(Cl)c1Cl. The molecule has 28 heavy (non-hydrogen) atoms. The molecule has 1 aromatic heterocycles. The number of benzene rings is 2. The van der Waals surface area contributed by atoms with E-state index in [1.165, 1.54) is 17.4 Å². The zero-order valence-electron chi connectivity index (χ0n) is 15.9. The molecule has 0 saturated carbocycles. The van der Waals surface area contributed by atoms with Crippen molar-refractivity contribution in [1.29, 1.82) is 0 Å². The highest BCUT2D eigenvalue weighted by molar-refractivity contribution is 7.89. The van der Waals surface area contributed by atoms with Gasteiger partial charge in [-0.25, -0.2) is 8.42 Å². The van der Waals surface area contributed by atoms with E-state index in [4.69, 9.17) is 23.2 Å². The highest BCUT2D eigenvalue weighted by Gasteiger charge is 2.26. The van der Waals surface area contributed by atoms with Gasteiger partial charge in [0.15, 0.2) is 0 Å². The molecule has 0 radical (unpaired) electrons. The van der Waals surface area contributed by atoms with Crippen LogP contribution in [0, 0.1) is 13.8 Å². The normalized spacial score (nSPS) is 11.9. The Hall–Kier alpha value is -1.86. The van der Waals surface area contributed by atoms with Crippen LogP contribution in [0.2, 0.25) is 10.0 Å². The summed E-state index contributed by atoms with van der Waals surface area (Å²) in [5.74, 6) is 0. The topological polar surface area (TPSA) is 55.2 Å². The zero-order valence-corrected chi connectivity index (χ0v) is 18.2. The summed E-state index contributed by atoms with van der Waals surface area (Å²) in [7, 11) is -2.27. The molecule has 0 unspecified atom stereocenters. The van der Waals surface area contributed by atoms with Crippen LogP contribution in [0.5, 0.6) is 0 Å². The molecule has 2 aromatic carbocycles. The Bertz CT molecular complexity index is 1100. The van der Waals surface area contributed by atoms with Gasteiger partial charge in [0.1, 0.15) is 4.90 Å². The minimum atomic E-state index is -3.79. The molecule has 8 heteroatoms. The molecule has 0 saturated heterocycles. The second-order valence-electron chi connectivity index (χ2n) is 6.61. The molecule has 0 fully saturated rings. The Kier molecular flexibility index (Phi) is 6.15. The van der Waals surface area contributed by atoms with Gasteiger partial charge in [-0.15, -0.1) is 0 Å². The minimum absolute atomic E-state index is 0.00356. The molecule has 0 amide bonds. The van der Waals surface area contributed by atoms with E-state index in [0.29, 0.717) is 6.54 Å². The maximum atomic E-state index is 13.0. The molecular formula is C20H21Cl2N3O2S. The Morgan fingerprint density at radius 1 is 1.04 bits per heavy atom. The Labute approximate surface area is 175 Å². The third-order valence-electron chi connectivity index (χ3n) is 4.69. The molecule has 0 N–H and O–H groups in total. The standard InChI is InChI=1S/C20H21Cl2N3O2S/c1-14-17(15(2)25(23-14)12-16-8-5-4-6-9-16)13-24(3)28(26,27)19-11-7-10-18(21)20(19)22/h4-11H,12-13H2,1-3H3. The molecule has 3 rings (SSSR count). The van der Waals surface area contributed by atoms with E-state index < -0.39 is 10.0 Å². The van der Waals surface area contributed by atoms with Gasteiger partial charge in [-0.05, 0) is 31.5 Å². The van der Waals surface area contributed by atoms with Crippen molar-refractivity contribution in [3.63, 3.8) is 0 Å². The fourth-order valence-electron chi connectivity index (χ4n) is 3.03. The Balaban J connectivity index is 1.88. The quantitative estimate of drug-likeness (QED) is 0.562. The predicted octanol–water partition coefficient (Wildman–Crippen LogP) is 4.68. The lowest BCUT2D eigenvalue weighted by Crippen LogP contribution is -2.27. The van der Waals surface area contributed by atoms with Crippen LogP contribution in [0.15, 0.2) is 53.4 Å². The molecular weight excluding hydrogens is 417 g/mol. The average molecular weight is 438 g/mol. The lowest BCUT2D eigenvalue weighted by molar-refractivity contribution is 0.465. The number of aryl methyl sites for hydroxylation is 1. The molecule has 0 spiro atoms. The first-order valence-corrected chi connectivity index (χ1v) is 10.9. The molecule has 3 aromatic rings. The van der Waals surface area contributed by atoms with Crippen molar-refractivity contribution < 1.29 is 8.42 Å². The van der Waals surface area contributed by atoms with Crippen LogP contribution >= 0.6 is 23.2 Å². The second kappa shape index (κ2) is 8.25. The highest BCUT2D eigenvalue weighted by atomic mass is 35.5. The zero-order chi connectivity index (χ0) is 20.5. The molecule has 0 aliphatic rings. The van der Waals surface area contributed by atoms with Gasteiger partial charge in [0, 0.05) is 24.8 Å². The van der Waals surface area contributed by atoms with Gasteiger partial charge in [0.2, 0.25) is 10.0 Å². The van der Waals surface area contributed by atoms with Gasteiger partial charge in [0.25, 0.3) is 0 Å². The summed E-state index contributed by atoms with van der Waals surface area (Å²) >= 11 is 12.1.